The van der Waals surface area contributed by atoms with Crippen LogP contribution in [0.3, 0.4) is 0 Å². The third kappa shape index (κ3) is 5.19. The Hall–Kier alpha value is -1.88. The summed E-state index contributed by atoms with van der Waals surface area (Å²) in [7, 11) is -4.19. The Balaban J connectivity index is 2.03. The van der Waals surface area contributed by atoms with Crippen molar-refractivity contribution in [2.24, 2.45) is 5.73 Å². The molecule has 0 spiro atoms. The summed E-state index contributed by atoms with van der Waals surface area (Å²) in [6.07, 6.45) is -1.07. The molecule has 1 fully saturated rings. The summed E-state index contributed by atoms with van der Waals surface area (Å²) in [6.45, 7) is 0.505. The van der Waals surface area contributed by atoms with E-state index in [-0.39, 0.29) is 46.7 Å². The minimum atomic E-state index is -4.19. The molecule has 172 valence electrons. The lowest BCUT2D eigenvalue weighted by atomic mass is 10.1. The predicted molar refractivity (Wildman–Crippen MR) is 123 cm³/mol. The third-order valence-corrected chi connectivity index (χ3v) is 7.71. The van der Waals surface area contributed by atoms with Gasteiger partial charge in [0.05, 0.1) is 14.9 Å². The first kappa shape index (κ1) is 24.8. The van der Waals surface area contributed by atoms with Gasteiger partial charge in [0.15, 0.2) is 6.17 Å². The van der Waals surface area contributed by atoms with Gasteiger partial charge in [-0.3, -0.25) is 9.59 Å². The Bertz CT molecular complexity index is 1110. The number of hydrogen-bond donors (Lipinski definition) is 2. The SMILES string of the molecule is NCCNC(=O)C1N(C(=O)c2ccc(Cl)cc2)CCCN1S(=O)(=O)c1ccc(Cl)c(Cl)c1. The van der Waals surface area contributed by atoms with E-state index in [4.69, 9.17) is 40.5 Å². The number of rotatable bonds is 6. The lowest BCUT2D eigenvalue weighted by Gasteiger charge is -2.41. The second-order valence-electron chi connectivity index (χ2n) is 7.00. The fourth-order valence-electron chi connectivity index (χ4n) is 3.35. The van der Waals surface area contributed by atoms with E-state index in [9.17, 15) is 18.0 Å². The highest BCUT2D eigenvalue weighted by atomic mass is 35.5. The molecule has 3 rings (SSSR count). The number of nitrogens with two attached hydrogens (primary N) is 1. The summed E-state index contributed by atoms with van der Waals surface area (Å²) in [4.78, 5) is 27.4. The first-order valence-electron chi connectivity index (χ1n) is 9.68. The number of carbonyl (C=O) groups is 2. The van der Waals surface area contributed by atoms with E-state index in [0.29, 0.717) is 11.4 Å². The summed E-state index contributed by atoms with van der Waals surface area (Å²) in [6, 6.07) is 10.0. The standard InChI is InChI=1S/C20H21Cl3N4O4S/c21-14-4-2-13(3-5-14)20(29)26-10-1-11-27(19(26)18(28)25-9-8-24)32(30,31)15-6-7-16(22)17(23)12-15/h2-7,12,19H,1,8-11,24H2,(H,25,28). The summed E-state index contributed by atoms with van der Waals surface area (Å²) in [5, 5.41) is 3.29. The number of benzene rings is 2. The number of nitrogens with zero attached hydrogens (tertiary/aromatic N) is 2. The molecule has 2 aromatic carbocycles. The molecule has 1 unspecified atom stereocenters. The molecule has 1 aliphatic heterocycles. The summed E-state index contributed by atoms with van der Waals surface area (Å²) in [5.41, 5.74) is 5.76. The van der Waals surface area contributed by atoms with E-state index in [1.165, 1.54) is 35.2 Å². The first-order chi connectivity index (χ1) is 15.2. The molecule has 32 heavy (non-hydrogen) atoms. The van der Waals surface area contributed by atoms with Gasteiger partial charge in [0.1, 0.15) is 0 Å². The highest BCUT2D eigenvalue weighted by molar-refractivity contribution is 7.89. The van der Waals surface area contributed by atoms with Crippen molar-refractivity contribution in [3.05, 3.63) is 63.1 Å². The highest BCUT2D eigenvalue weighted by Crippen LogP contribution is 2.30. The Morgan fingerprint density at radius 3 is 2.34 bits per heavy atom. The lowest BCUT2D eigenvalue weighted by Crippen LogP contribution is -2.63. The third-order valence-electron chi connectivity index (χ3n) is 4.87. The van der Waals surface area contributed by atoms with Crippen molar-refractivity contribution in [3.63, 3.8) is 0 Å². The van der Waals surface area contributed by atoms with Crippen LogP contribution in [-0.4, -0.2) is 61.8 Å². The molecule has 1 atom stereocenters. The van der Waals surface area contributed by atoms with Crippen molar-refractivity contribution in [1.82, 2.24) is 14.5 Å². The largest absolute Gasteiger partial charge is 0.352 e. The zero-order valence-electron chi connectivity index (χ0n) is 16.8. The molecule has 0 aromatic heterocycles. The normalized spacial score (nSPS) is 17.2. The van der Waals surface area contributed by atoms with Crippen LogP contribution in [-0.2, 0) is 14.8 Å². The fraction of sp³-hybridized carbons (Fsp3) is 0.300. The number of nitrogens with one attached hydrogen (secondary N) is 1. The molecule has 0 saturated carbocycles. The van der Waals surface area contributed by atoms with Gasteiger partial charge in [-0.25, -0.2) is 8.42 Å². The minimum Gasteiger partial charge on any atom is -0.352 e. The highest BCUT2D eigenvalue weighted by Gasteiger charge is 2.44. The van der Waals surface area contributed by atoms with Gasteiger partial charge in [0.25, 0.3) is 11.8 Å². The van der Waals surface area contributed by atoms with Gasteiger partial charge in [-0.15, -0.1) is 0 Å². The van der Waals surface area contributed by atoms with Crippen molar-refractivity contribution >= 4 is 56.6 Å². The van der Waals surface area contributed by atoms with Crippen LogP contribution in [0.4, 0.5) is 0 Å². The van der Waals surface area contributed by atoms with Crippen LogP contribution in [0, 0.1) is 0 Å². The summed E-state index contributed by atoms with van der Waals surface area (Å²) >= 11 is 17.8. The van der Waals surface area contributed by atoms with Gasteiger partial charge in [-0.2, -0.15) is 4.31 Å². The molecular weight excluding hydrogens is 499 g/mol. The zero-order chi connectivity index (χ0) is 23.5. The molecule has 1 aliphatic rings. The van der Waals surface area contributed by atoms with Crippen LogP contribution >= 0.6 is 34.8 Å². The second kappa shape index (κ2) is 10.4. The average molecular weight is 520 g/mol. The number of sulfonamides is 1. The quantitative estimate of drug-likeness (QED) is 0.609. The minimum absolute atomic E-state index is 0.0354. The maximum absolute atomic E-state index is 13.5. The number of halogens is 3. The second-order valence-corrected chi connectivity index (χ2v) is 10.1. The Morgan fingerprint density at radius 2 is 1.72 bits per heavy atom. The van der Waals surface area contributed by atoms with E-state index >= 15 is 0 Å². The van der Waals surface area contributed by atoms with Gasteiger partial charge in [-0.05, 0) is 48.9 Å². The molecule has 0 aliphatic carbocycles. The first-order valence-corrected chi connectivity index (χ1v) is 12.3. The van der Waals surface area contributed by atoms with Crippen LogP contribution < -0.4 is 11.1 Å². The van der Waals surface area contributed by atoms with Gasteiger partial charge < -0.3 is 16.0 Å². The monoisotopic (exact) mass is 518 g/mol. The smallest absolute Gasteiger partial charge is 0.259 e. The maximum atomic E-state index is 13.5. The van der Waals surface area contributed by atoms with E-state index in [1.54, 1.807) is 12.1 Å². The van der Waals surface area contributed by atoms with Gasteiger partial charge >= 0.3 is 0 Å². The van der Waals surface area contributed by atoms with Crippen molar-refractivity contribution in [3.8, 4) is 0 Å². The molecule has 1 heterocycles. The molecule has 2 amide bonds. The van der Waals surface area contributed by atoms with Crippen LogP contribution in [0.25, 0.3) is 0 Å². The van der Waals surface area contributed by atoms with E-state index < -0.39 is 28.0 Å². The molecule has 2 aromatic rings. The van der Waals surface area contributed by atoms with Gasteiger partial charge in [-0.1, -0.05) is 34.8 Å². The van der Waals surface area contributed by atoms with E-state index in [0.717, 1.165) is 4.31 Å². The Labute approximate surface area is 201 Å². The zero-order valence-corrected chi connectivity index (χ0v) is 19.9. The van der Waals surface area contributed by atoms with Crippen LogP contribution in [0.1, 0.15) is 16.8 Å². The van der Waals surface area contributed by atoms with Crippen molar-refractivity contribution in [2.75, 3.05) is 26.2 Å². The Kier molecular flexibility index (Phi) is 8.02. The summed E-state index contributed by atoms with van der Waals surface area (Å²) in [5.74, 6) is -1.15. The van der Waals surface area contributed by atoms with E-state index in [2.05, 4.69) is 5.32 Å². The predicted octanol–water partition coefficient (Wildman–Crippen LogP) is 2.58. The van der Waals surface area contributed by atoms with Gasteiger partial charge in [0, 0.05) is 36.8 Å². The molecule has 0 bridgehead atoms. The number of carbonyl (C=O) groups excluding carboxylic acids is 2. The molecule has 3 N–H and O–H groups in total. The van der Waals surface area contributed by atoms with Crippen molar-refractivity contribution in [2.45, 2.75) is 17.5 Å². The fourth-order valence-corrected chi connectivity index (χ4v) is 5.46. The number of amides is 2. The van der Waals surface area contributed by atoms with Crippen molar-refractivity contribution in [1.29, 1.82) is 0 Å². The van der Waals surface area contributed by atoms with Crippen molar-refractivity contribution < 1.29 is 18.0 Å². The van der Waals surface area contributed by atoms with Gasteiger partial charge in [0.2, 0.25) is 10.0 Å². The van der Waals surface area contributed by atoms with Crippen LogP contribution in [0.5, 0.6) is 0 Å². The molecule has 1 saturated heterocycles. The average Bonchev–Trinajstić information content (AvgIpc) is 2.78. The molecule has 8 nitrogen and oxygen atoms in total. The maximum Gasteiger partial charge on any atom is 0.259 e. The topological polar surface area (TPSA) is 113 Å². The lowest BCUT2D eigenvalue weighted by molar-refractivity contribution is -0.130. The van der Waals surface area contributed by atoms with E-state index in [1.807, 2.05) is 0 Å². The number of hydrogen-bond acceptors (Lipinski definition) is 5. The Morgan fingerprint density at radius 1 is 1.03 bits per heavy atom. The molecular formula is C20H21Cl3N4O4S. The molecule has 0 radical (unpaired) electrons. The molecule has 12 heteroatoms. The summed E-state index contributed by atoms with van der Waals surface area (Å²) < 4.78 is 27.9. The van der Waals surface area contributed by atoms with Crippen LogP contribution in [0.2, 0.25) is 15.1 Å². The van der Waals surface area contributed by atoms with Crippen LogP contribution in [0.15, 0.2) is 47.4 Å².